The van der Waals surface area contributed by atoms with Crippen molar-refractivity contribution in [3.05, 3.63) is 24.3 Å². The first-order valence-corrected chi connectivity index (χ1v) is 6.06. The van der Waals surface area contributed by atoms with Gasteiger partial charge >= 0.3 is 0 Å². The van der Waals surface area contributed by atoms with Crippen LogP contribution in [0.15, 0.2) is 24.3 Å². The second kappa shape index (κ2) is 5.78. The fraction of sp³-hybridized carbons (Fsp3) is 0.571. The molecule has 0 aliphatic rings. The maximum Gasteiger partial charge on any atom is 0.119 e. The van der Waals surface area contributed by atoms with Gasteiger partial charge < -0.3 is 10.1 Å². The molecule has 0 amide bonds. The van der Waals surface area contributed by atoms with Gasteiger partial charge in [0.25, 0.3) is 0 Å². The first-order chi connectivity index (χ1) is 7.63. The normalized spacial score (nSPS) is 14.2. The molecular formula is C14H23NO. The number of hydrogen-bond donors (Lipinski definition) is 1. The van der Waals surface area contributed by atoms with Gasteiger partial charge in [-0.25, -0.2) is 0 Å². The Morgan fingerprint density at radius 3 is 2.25 bits per heavy atom. The second-order valence-corrected chi connectivity index (χ2v) is 4.52. The van der Waals surface area contributed by atoms with E-state index in [4.69, 9.17) is 4.74 Å². The Morgan fingerprint density at radius 1 is 1.19 bits per heavy atom. The summed E-state index contributed by atoms with van der Waals surface area (Å²) in [5.41, 5.74) is 1.36. The van der Waals surface area contributed by atoms with E-state index in [1.54, 1.807) is 7.11 Å². The standard InChI is InChI=1S/C14H23NO/c1-5-11-14(3,6-2)15-12-7-9-13(16-4)10-8-12/h7-10,15H,5-6,11H2,1-4H3. The van der Waals surface area contributed by atoms with Crippen molar-refractivity contribution in [2.24, 2.45) is 0 Å². The molecule has 1 N–H and O–H groups in total. The van der Waals surface area contributed by atoms with Crippen molar-refractivity contribution in [3.63, 3.8) is 0 Å². The number of nitrogens with one attached hydrogen (secondary N) is 1. The number of benzene rings is 1. The number of rotatable bonds is 6. The molecule has 16 heavy (non-hydrogen) atoms. The Balaban J connectivity index is 2.70. The van der Waals surface area contributed by atoms with E-state index < -0.39 is 0 Å². The fourth-order valence-electron chi connectivity index (χ4n) is 1.90. The van der Waals surface area contributed by atoms with Crippen molar-refractivity contribution in [1.82, 2.24) is 0 Å². The second-order valence-electron chi connectivity index (χ2n) is 4.52. The predicted octanol–water partition coefficient (Wildman–Crippen LogP) is 4.08. The highest BCUT2D eigenvalue weighted by molar-refractivity contribution is 5.48. The average molecular weight is 221 g/mol. The van der Waals surface area contributed by atoms with Gasteiger partial charge in [0, 0.05) is 11.2 Å². The summed E-state index contributed by atoms with van der Waals surface area (Å²) < 4.78 is 5.15. The van der Waals surface area contributed by atoms with Gasteiger partial charge in [-0.2, -0.15) is 0 Å². The van der Waals surface area contributed by atoms with Crippen molar-refractivity contribution in [2.45, 2.75) is 45.6 Å². The van der Waals surface area contributed by atoms with Crippen molar-refractivity contribution >= 4 is 5.69 Å². The third-order valence-corrected chi connectivity index (χ3v) is 3.12. The summed E-state index contributed by atoms with van der Waals surface area (Å²) in [5.74, 6) is 0.902. The zero-order valence-corrected chi connectivity index (χ0v) is 10.8. The molecule has 0 spiro atoms. The van der Waals surface area contributed by atoms with Crippen molar-refractivity contribution in [2.75, 3.05) is 12.4 Å². The molecule has 0 saturated carbocycles. The molecule has 90 valence electrons. The van der Waals surface area contributed by atoms with E-state index in [0.29, 0.717) is 0 Å². The molecule has 1 unspecified atom stereocenters. The molecule has 1 atom stereocenters. The van der Waals surface area contributed by atoms with Crippen LogP contribution in [0.5, 0.6) is 5.75 Å². The first kappa shape index (κ1) is 12.9. The van der Waals surface area contributed by atoms with Crippen LogP contribution in [0.3, 0.4) is 0 Å². The molecule has 1 aromatic rings. The van der Waals surface area contributed by atoms with E-state index >= 15 is 0 Å². The number of ether oxygens (including phenoxy) is 1. The first-order valence-electron chi connectivity index (χ1n) is 6.06. The minimum Gasteiger partial charge on any atom is -0.497 e. The number of methoxy groups -OCH3 is 1. The lowest BCUT2D eigenvalue weighted by Crippen LogP contribution is -2.33. The van der Waals surface area contributed by atoms with Crippen LogP contribution in [-0.2, 0) is 0 Å². The monoisotopic (exact) mass is 221 g/mol. The summed E-state index contributed by atoms with van der Waals surface area (Å²) in [6.45, 7) is 6.73. The summed E-state index contributed by atoms with van der Waals surface area (Å²) in [6, 6.07) is 8.12. The number of hydrogen-bond acceptors (Lipinski definition) is 2. The Labute approximate surface area is 99.0 Å². The quantitative estimate of drug-likeness (QED) is 0.781. The molecule has 0 aliphatic carbocycles. The minimum absolute atomic E-state index is 0.198. The Kier molecular flexibility index (Phi) is 4.66. The van der Waals surface area contributed by atoms with Crippen LogP contribution >= 0.6 is 0 Å². The third kappa shape index (κ3) is 3.44. The molecule has 0 aliphatic heterocycles. The molecule has 2 nitrogen and oxygen atoms in total. The highest BCUT2D eigenvalue weighted by Crippen LogP contribution is 2.24. The molecule has 0 saturated heterocycles. The molecule has 1 rings (SSSR count). The lowest BCUT2D eigenvalue weighted by Gasteiger charge is -2.30. The zero-order chi connectivity index (χ0) is 12.0. The Bertz CT molecular complexity index is 307. The summed E-state index contributed by atoms with van der Waals surface area (Å²) in [5, 5.41) is 3.60. The summed E-state index contributed by atoms with van der Waals surface area (Å²) in [7, 11) is 1.69. The van der Waals surface area contributed by atoms with Crippen molar-refractivity contribution in [3.8, 4) is 5.75 Å². The van der Waals surface area contributed by atoms with Crippen LogP contribution < -0.4 is 10.1 Å². The van der Waals surface area contributed by atoms with Gasteiger partial charge in [-0.3, -0.25) is 0 Å². The maximum absolute atomic E-state index is 5.15. The van der Waals surface area contributed by atoms with Crippen molar-refractivity contribution in [1.29, 1.82) is 0 Å². The van der Waals surface area contributed by atoms with Crippen LogP contribution in [0.4, 0.5) is 5.69 Å². The van der Waals surface area contributed by atoms with E-state index in [1.807, 2.05) is 12.1 Å². The van der Waals surface area contributed by atoms with Gasteiger partial charge in [-0.1, -0.05) is 20.3 Å². The topological polar surface area (TPSA) is 21.3 Å². The molecule has 1 aromatic carbocycles. The third-order valence-electron chi connectivity index (χ3n) is 3.12. The summed E-state index contributed by atoms with van der Waals surface area (Å²) in [6.07, 6.45) is 3.52. The van der Waals surface area contributed by atoms with Crippen LogP contribution in [0, 0.1) is 0 Å². The van der Waals surface area contributed by atoms with E-state index in [0.717, 1.165) is 12.2 Å². The van der Waals surface area contributed by atoms with Gasteiger partial charge in [-0.15, -0.1) is 0 Å². The predicted molar refractivity (Wildman–Crippen MR) is 70.2 cm³/mol. The van der Waals surface area contributed by atoms with E-state index in [2.05, 4.69) is 38.2 Å². The lowest BCUT2D eigenvalue weighted by molar-refractivity contribution is 0.414. The molecule has 0 bridgehead atoms. The van der Waals surface area contributed by atoms with Crippen LogP contribution in [-0.4, -0.2) is 12.6 Å². The average Bonchev–Trinajstić information content (AvgIpc) is 2.30. The molecule has 0 heterocycles. The number of anilines is 1. The fourth-order valence-corrected chi connectivity index (χ4v) is 1.90. The molecule has 0 radical (unpaired) electrons. The van der Waals surface area contributed by atoms with Gasteiger partial charge in [0.05, 0.1) is 7.11 Å². The zero-order valence-electron chi connectivity index (χ0n) is 10.8. The minimum atomic E-state index is 0.198. The highest BCUT2D eigenvalue weighted by atomic mass is 16.5. The van der Waals surface area contributed by atoms with Crippen LogP contribution in [0.2, 0.25) is 0 Å². The van der Waals surface area contributed by atoms with Crippen LogP contribution in [0.1, 0.15) is 40.0 Å². The van der Waals surface area contributed by atoms with Gasteiger partial charge in [0.2, 0.25) is 0 Å². The largest absolute Gasteiger partial charge is 0.497 e. The molecule has 0 aromatic heterocycles. The molecular weight excluding hydrogens is 198 g/mol. The maximum atomic E-state index is 5.15. The van der Waals surface area contributed by atoms with E-state index in [9.17, 15) is 0 Å². The highest BCUT2D eigenvalue weighted by Gasteiger charge is 2.19. The van der Waals surface area contributed by atoms with Crippen LogP contribution in [0.25, 0.3) is 0 Å². The molecule has 0 fully saturated rings. The van der Waals surface area contributed by atoms with Crippen molar-refractivity contribution < 1.29 is 4.74 Å². The smallest absolute Gasteiger partial charge is 0.119 e. The van der Waals surface area contributed by atoms with Gasteiger partial charge in [0.1, 0.15) is 5.75 Å². The van der Waals surface area contributed by atoms with Gasteiger partial charge in [-0.05, 0) is 44.0 Å². The Morgan fingerprint density at radius 2 is 1.81 bits per heavy atom. The lowest BCUT2D eigenvalue weighted by atomic mass is 9.92. The van der Waals surface area contributed by atoms with E-state index in [-0.39, 0.29) is 5.54 Å². The van der Waals surface area contributed by atoms with Gasteiger partial charge in [0.15, 0.2) is 0 Å². The molecule has 2 heteroatoms. The summed E-state index contributed by atoms with van der Waals surface area (Å²) in [4.78, 5) is 0. The van der Waals surface area contributed by atoms with E-state index in [1.165, 1.54) is 18.5 Å². The summed E-state index contributed by atoms with van der Waals surface area (Å²) >= 11 is 0. The SMILES string of the molecule is CCCC(C)(CC)Nc1ccc(OC)cc1. The Hall–Kier alpha value is -1.18.